The van der Waals surface area contributed by atoms with E-state index in [0.717, 1.165) is 0 Å². The summed E-state index contributed by atoms with van der Waals surface area (Å²) >= 11 is 0. The highest BCUT2D eigenvalue weighted by atomic mass is 32.2. The Hall–Kier alpha value is -2.79. The number of benzene rings is 1. The molecule has 3 rings (SSSR count). The van der Waals surface area contributed by atoms with Crippen LogP contribution in [0.3, 0.4) is 0 Å². The van der Waals surface area contributed by atoms with Gasteiger partial charge in [-0.2, -0.15) is 18.2 Å². The fourth-order valence-corrected chi connectivity index (χ4v) is 2.99. The number of aromatic nitrogens is 3. The number of nitrogens with zero attached hydrogens (tertiary/aromatic N) is 3. The number of sulfonamides is 1. The van der Waals surface area contributed by atoms with Crippen LogP contribution in [0.2, 0.25) is 0 Å². The Morgan fingerprint density at radius 1 is 1.08 bits per heavy atom. The van der Waals surface area contributed by atoms with Crippen molar-refractivity contribution in [3.8, 4) is 11.4 Å². The average molecular weight is 384 g/mol. The van der Waals surface area contributed by atoms with Crippen LogP contribution in [0.5, 0.6) is 0 Å². The zero-order valence-electron chi connectivity index (χ0n) is 12.9. The van der Waals surface area contributed by atoms with E-state index in [4.69, 9.17) is 0 Å². The van der Waals surface area contributed by atoms with Gasteiger partial charge in [-0.15, -0.1) is 0 Å². The zero-order valence-corrected chi connectivity index (χ0v) is 13.8. The molecule has 11 heteroatoms. The summed E-state index contributed by atoms with van der Waals surface area (Å²) < 4.78 is 68.1. The SMILES string of the molecule is O=S(=O)(NCc1ccc(-c2noc(C(F)(F)F)n2)cn1)c1ccccc1. The summed E-state index contributed by atoms with van der Waals surface area (Å²) in [7, 11) is -3.69. The molecule has 0 aliphatic carbocycles. The molecule has 0 aliphatic rings. The van der Waals surface area contributed by atoms with Crippen LogP contribution in [-0.2, 0) is 22.7 Å². The van der Waals surface area contributed by atoms with E-state index in [1.807, 2.05) is 0 Å². The molecule has 0 radical (unpaired) electrons. The second-order valence-electron chi connectivity index (χ2n) is 5.10. The lowest BCUT2D eigenvalue weighted by Gasteiger charge is -2.06. The number of hydrogen-bond donors (Lipinski definition) is 1. The molecule has 2 heterocycles. The highest BCUT2D eigenvalue weighted by Gasteiger charge is 2.38. The molecule has 0 saturated carbocycles. The Balaban J connectivity index is 1.69. The number of hydrogen-bond acceptors (Lipinski definition) is 6. The number of rotatable bonds is 5. The molecular formula is C15H11F3N4O3S. The molecule has 1 N–H and O–H groups in total. The van der Waals surface area contributed by atoms with Crippen molar-refractivity contribution in [1.82, 2.24) is 19.8 Å². The van der Waals surface area contributed by atoms with E-state index in [0.29, 0.717) is 5.69 Å². The molecule has 2 aromatic heterocycles. The second kappa shape index (κ2) is 6.84. The Labute approximate surface area is 145 Å². The summed E-state index contributed by atoms with van der Waals surface area (Å²) in [6, 6.07) is 10.7. The van der Waals surface area contributed by atoms with Crippen molar-refractivity contribution in [3.05, 3.63) is 60.2 Å². The minimum atomic E-state index is -4.73. The smallest absolute Gasteiger partial charge is 0.329 e. The van der Waals surface area contributed by atoms with Crippen LogP contribution in [0.15, 0.2) is 58.1 Å². The molecule has 1 aromatic carbocycles. The Morgan fingerprint density at radius 2 is 1.81 bits per heavy atom. The minimum Gasteiger partial charge on any atom is -0.329 e. The van der Waals surface area contributed by atoms with Crippen LogP contribution < -0.4 is 4.72 Å². The van der Waals surface area contributed by atoms with E-state index >= 15 is 0 Å². The summed E-state index contributed by atoms with van der Waals surface area (Å²) in [5.41, 5.74) is 0.576. The summed E-state index contributed by atoms with van der Waals surface area (Å²) in [6.45, 7) is -0.0858. The van der Waals surface area contributed by atoms with Gasteiger partial charge in [0, 0.05) is 11.8 Å². The van der Waals surface area contributed by atoms with Gasteiger partial charge in [0.2, 0.25) is 15.8 Å². The predicted octanol–water partition coefficient (Wildman–Crippen LogP) is 2.63. The summed E-state index contributed by atoms with van der Waals surface area (Å²) in [6.07, 6.45) is -3.49. The maximum atomic E-state index is 12.5. The normalized spacial score (nSPS) is 12.3. The topological polar surface area (TPSA) is 98.0 Å². The molecule has 3 aromatic rings. The zero-order chi connectivity index (χ0) is 18.8. The van der Waals surface area contributed by atoms with Crippen molar-refractivity contribution in [2.75, 3.05) is 0 Å². The van der Waals surface area contributed by atoms with Crippen LogP contribution in [-0.4, -0.2) is 23.5 Å². The van der Waals surface area contributed by atoms with Crippen molar-refractivity contribution in [2.24, 2.45) is 0 Å². The second-order valence-corrected chi connectivity index (χ2v) is 6.86. The Morgan fingerprint density at radius 3 is 2.38 bits per heavy atom. The highest BCUT2D eigenvalue weighted by Crippen LogP contribution is 2.29. The van der Waals surface area contributed by atoms with Crippen molar-refractivity contribution >= 4 is 10.0 Å². The van der Waals surface area contributed by atoms with Gasteiger partial charge in [-0.1, -0.05) is 23.4 Å². The molecule has 0 amide bonds. The lowest BCUT2D eigenvalue weighted by molar-refractivity contribution is -0.159. The molecule has 0 aliphatic heterocycles. The van der Waals surface area contributed by atoms with E-state index in [1.54, 1.807) is 18.2 Å². The fourth-order valence-electron chi connectivity index (χ4n) is 1.97. The summed E-state index contributed by atoms with van der Waals surface area (Å²) in [5.74, 6) is -1.71. The van der Waals surface area contributed by atoms with E-state index in [-0.39, 0.29) is 22.8 Å². The van der Waals surface area contributed by atoms with Gasteiger partial charge in [-0.3, -0.25) is 4.98 Å². The third-order valence-electron chi connectivity index (χ3n) is 3.25. The van der Waals surface area contributed by atoms with Gasteiger partial charge in [-0.05, 0) is 24.3 Å². The molecule has 0 spiro atoms. The number of pyridine rings is 1. The van der Waals surface area contributed by atoms with Crippen molar-refractivity contribution < 1.29 is 26.1 Å². The van der Waals surface area contributed by atoms with Crippen molar-refractivity contribution in [1.29, 1.82) is 0 Å². The van der Waals surface area contributed by atoms with E-state index < -0.39 is 22.1 Å². The molecule has 0 saturated heterocycles. The molecule has 7 nitrogen and oxygen atoms in total. The Bertz CT molecular complexity index is 987. The lowest BCUT2D eigenvalue weighted by Crippen LogP contribution is -2.23. The van der Waals surface area contributed by atoms with Gasteiger partial charge in [0.15, 0.2) is 0 Å². The van der Waals surface area contributed by atoms with E-state index in [1.165, 1.54) is 30.5 Å². The first-order chi connectivity index (χ1) is 12.3. The average Bonchev–Trinajstić information content (AvgIpc) is 3.12. The Kier molecular flexibility index (Phi) is 4.74. The molecule has 0 bridgehead atoms. The van der Waals surface area contributed by atoms with Gasteiger partial charge >= 0.3 is 12.1 Å². The van der Waals surface area contributed by atoms with Crippen molar-refractivity contribution in [3.63, 3.8) is 0 Å². The van der Waals surface area contributed by atoms with Gasteiger partial charge in [0.05, 0.1) is 17.1 Å². The summed E-state index contributed by atoms with van der Waals surface area (Å²) in [4.78, 5) is 7.36. The van der Waals surface area contributed by atoms with E-state index in [9.17, 15) is 21.6 Å². The quantitative estimate of drug-likeness (QED) is 0.726. The molecular weight excluding hydrogens is 373 g/mol. The first-order valence-corrected chi connectivity index (χ1v) is 8.65. The van der Waals surface area contributed by atoms with Crippen LogP contribution in [0.4, 0.5) is 13.2 Å². The van der Waals surface area contributed by atoms with Gasteiger partial charge in [-0.25, -0.2) is 13.1 Å². The highest BCUT2D eigenvalue weighted by molar-refractivity contribution is 7.89. The third-order valence-corrected chi connectivity index (χ3v) is 4.67. The number of nitrogens with one attached hydrogen (secondary N) is 1. The molecule has 0 atom stereocenters. The number of alkyl halides is 3. The first kappa shape index (κ1) is 18.0. The van der Waals surface area contributed by atoms with Crippen LogP contribution in [0.25, 0.3) is 11.4 Å². The first-order valence-electron chi connectivity index (χ1n) is 7.17. The minimum absolute atomic E-state index is 0.0858. The lowest BCUT2D eigenvalue weighted by atomic mass is 10.2. The van der Waals surface area contributed by atoms with Gasteiger partial charge < -0.3 is 4.52 Å². The van der Waals surface area contributed by atoms with Crippen LogP contribution in [0, 0.1) is 0 Å². The fraction of sp³-hybridized carbons (Fsp3) is 0.133. The monoisotopic (exact) mass is 384 g/mol. The van der Waals surface area contributed by atoms with Crippen molar-refractivity contribution in [2.45, 2.75) is 17.6 Å². The van der Waals surface area contributed by atoms with E-state index in [2.05, 4.69) is 24.4 Å². The van der Waals surface area contributed by atoms with Gasteiger partial charge in [0.1, 0.15) is 0 Å². The standard InChI is InChI=1S/C15H11F3N4O3S/c16-15(17,18)14-21-13(22-25-14)10-6-7-11(19-8-10)9-20-26(23,24)12-4-2-1-3-5-12/h1-8,20H,9H2. The molecule has 0 unspecified atom stereocenters. The largest absolute Gasteiger partial charge is 0.471 e. The summed E-state index contributed by atoms with van der Waals surface area (Å²) in [5, 5.41) is 3.25. The van der Waals surface area contributed by atoms with Crippen LogP contribution >= 0.6 is 0 Å². The van der Waals surface area contributed by atoms with Crippen LogP contribution in [0.1, 0.15) is 11.6 Å². The maximum Gasteiger partial charge on any atom is 0.471 e. The third kappa shape index (κ3) is 4.06. The molecule has 26 heavy (non-hydrogen) atoms. The van der Waals surface area contributed by atoms with Gasteiger partial charge in [0.25, 0.3) is 0 Å². The number of halogens is 3. The predicted molar refractivity (Wildman–Crippen MR) is 83.0 cm³/mol. The maximum absolute atomic E-state index is 12.5. The molecule has 136 valence electrons. The molecule has 0 fully saturated rings.